The summed E-state index contributed by atoms with van der Waals surface area (Å²) in [5, 5.41) is 0. The van der Waals surface area contributed by atoms with Gasteiger partial charge in [0, 0.05) is 0 Å². The number of alkyl halides is 6. The lowest BCUT2D eigenvalue weighted by Crippen LogP contribution is -2.23. The van der Waals surface area contributed by atoms with Gasteiger partial charge in [0.1, 0.15) is 0 Å². The van der Waals surface area contributed by atoms with E-state index in [1.54, 1.807) is 6.92 Å². The number of esters is 1. The number of halogens is 6. The van der Waals surface area contributed by atoms with E-state index >= 15 is 0 Å². The summed E-state index contributed by atoms with van der Waals surface area (Å²) in [6.45, 7) is 2.96. The quantitative estimate of drug-likeness (QED) is 0.598. The molecule has 0 bridgehead atoms. The van der Waals surface area contributed by atoms with Gasteiger partial charge in [0.15, 0.2) is 0 Å². The van der Waals surface area contributed by atoms with Crippen LogP contribution in [0.4, 0.5) is 26.3 Å². The fourth-order valence-corrected chi connectivity index (χ4v) is 1.57. The molecule has 2 nitrogen and oxygen atoms in total. The van der Waals surface area contributed by atoms with E-state index in [1.165, 1.54) is 6.92 Å². The lowest BCUT2D eigenvalue weighted by atomic mass is 10.00. The van der Waals surface area contributed by atoms with Crippen LogP contribution in [0.15, 0.2) is 18.2 Å². The zero-order chi connectivity index (χ0) is 16.4. The van der Waals surface area contributed by atoms with Crippen LogP contribution in [0.1, 0.15) is 41.8 Å². The summed E-state index contributed by atoms with van der Waals surface area (Å²) in [5.74, 6) is -1.63. The van der Waals surface area contributed by atoms with Crippen molar-refractivity contribution in [2.24, 2.45) is 0 Å². The highest BCUT2D eigenvalue weighted by Gasteiger charge is 2.43. The number of hydrogen-bond acceptors (Lipinski definition) is 2. The van der Waals surface area contributed by atoms with Crippen molar-refractivity contribution >= 4 is 5.97 Å². The molecule has 0 spiro atoms. The highest BCUT2D eigenvalue weighted by atomic mass is 19.4. The van der Waals surface area contributed by atoms with E-state index < -0.39 is 41.1 Å². The van der Waals surface area contributed by atoms with E-state index in [0.717, 1.165) is 0 Å². The molecule has 0 heterocycles. The van der Waals surface area contributed by atoms with Gasteiger partial charge in [-0.1, -0.05) is 13.0 Å². The average Bonchev–Trinajstić information content (AvgIpc) is 2.35. The molecule has 0 amide bonds. The molecule has 0 saturated carbocycles. The molecule has 0 aliphatic heterocycles. The van der Waals surface area contributed by atoms with E-state index in [4.69, 9.17) is 0 Å². The van der Waals surface area contributed by atoms with Gasteiger partial charge in [-0.2, -0.15) is 26.3 Å². The molecule has 0 fully saturated rings. The van der Waals surface area contributed by atoms with Crippen molar-refractivity contribution in [2.75, 3.05) is 0 Å². The first kappa shape index (κ1) is 17.3. The first-order valence-electron chi connectivity index (χ1n) is 5.96. The summed E-state index contributed by atoms with van der Waals surface area (Å²) in [6.07, 6.45) is -10.7. The summed E-state index contributed by atoms with van der Waals surface area (Å²) in [5.41, 5.74) is -4.82. The van der Waals surface area contributed by atoms with Gasteiger partial charge in [-0.15, -0.1) is 0 Å². The Morgan fingerprint density at radius 1 is 1.10 bits per heavy atom. The molecule has 1 aromatic rings. The Morgan fingerprint density at radius 2 is 1.52 bits per heavy atom. The van der Waals surface area contributed by atoms with Crippen LogP contribution in [0.25, 0.3) is 0 Å². The molecule has 0 saturated heterocycles. The average molecular weight is 314 g/mol. The minimum Gasteiger partial charge on any atom is -0.459 e. The maximum absolute atomic E-state index is 12.8. The van der Waals surface area contributed by atoms with Crippen molar-refractivity contribution in [3.63, 3.8) is 0 Å². The third-order valence-corrected chi connectivity index (χ3v) is 2.76. The number of rotatable bonds is 3. The van der Waals surface area contributed by atoms with Gasteiger partial charge in [-0.05, 0) is 25.5 Å². The molecule has 1 aromatic carbocycles. The monoisotopic (exact) mass is 314 g/mol. The van der Waals surface area contributed by atoms with Gasteiger partial charge in [-0.25, -0.2) is 4.79 Å². The summed E-state index contributed by atoms with van der Waals surface area (Å²) < 4.78 is 81.5. The van der Waals surface area contributed by atoms with Crippen LogP contribution in [-0.2, 0) is 17.1 Å². The van der Waals surface area contributed by atoms with Crippen LogP contribution in [0.2, 0.25) is 0 Å². The Labute approximate surface area is 116 Å². The normalized spacial score (nSPS) is 13.9. The second-order valence-electron chi connectivity index (χ2n) is 4.35. The topological polar surface area (TPSA) is 26.3 Å². The smallest absolute Gasteiger partial charge is 0.417 e. The lowest BCUT2D eigenvalue weighted by molar-refractivity contribution is -0.144. The van der Waals surface area contributed by atoms with Gasteiger partial charge in [0.2, 0.25) is 0 Å². The van der Waals surface area contributed by atoms with E-state index in [9.17, 15) is 31.1 Å². The molecule has 8 heteroatoms. The Hall–Kier alpha value is -1.73. The van der Waals surface area contributed by atoms with Gasteiger partial charge in [0.05, 0.1) is 22.8 Å². The van der Waals surface area contributed by atoms with Crippen LogP contribution in [0, 0.1) is 0 Å². The third-order valence-electron chi connectivity index (χ3n) is 2.76. The van der Waals surface area contributed by atoms with Crippen molar-refractivity contribution in [1.29, 1.82) is 0 Å². The molecule has 118 valence electrons. The van der Waals surface area contributed by atoms with Crippen molar-refractivity contribution in [1.82, 2.24) is 0 Å². The Morgan fingerprint density at radius 3 is 1.86 bits per heavy atom. The molecular weight excluding hydrogens is 302 g/mol. The van der Waals surface area contributed by atoms with Crippen LogP contribution < -0.4 is 0 Å². The number of carbonyl (C=O) groups is 1. The molecule has 0 aliphatic rings. The number of ether oxygens (including phenoxy) is 1. The summed E-state index contributed by atoms with van der Waals surface area (Å²) >= 11 is 0. The van der Waals surface area contributed by atoms with Gasteiger partial charge >= 0.3 is 18.3 Å². The highest BCUT2D eigenvalue weighted by Crippen LogP contribution is 2.39. The third kappa shape index (κ3) is 4.12. The number of carbonyl (C=O) groups excluding carboxylic acids is 1. The van der Waals surface area contributed by atoms with Gasteiger partial charge in [-0.3, -0.25) is 0 Å². The molecule has 0 radical (unpaired) electrons. The van der Waals surface area contributed by atoms with Crippen LogP contribution in [-0.4, -0.2) is 12.1 Å². The SMILES string of the molecule is CCC(C)OC(=O)c1c(C(F)(F)F)cccc1C(F)(F)F. The molecule has 1 atom stereocenters. The Kier molecular flexibility index (Phi) is 4.91. The van der Waals surface area contributed by atoms with Crippen LogP contribution in [0.5, 0.6) is 0 Å². The standard InChI is InChI=1S/C13H12F6O2/c1-3-7(2)21-11(20)10-8(12(14,15)16)5-4-6-9(10)13(17,18)19/h4-7H,3H2,1-2H3. The Balaban J connectivity index is 3.47. The number of hydrogen-bond donors (Lipinski definition) is 0. The van der Waals surface area contributed by atoms with E-state index in [0.29, 0.717) is 18.2 Å². The second kappa shape index (κ2) is 5.95. The molecule has 21 heavy (non-hydrogen) atoms. The highest BCUT2D eigenvalue weighted by molar-refractivity contribution is 5.93. The van der Waals surface area contributed by atoms with Crippen molar-refractivity contribution in [2.45, 2.75) is 38.7 Å². The molecule has 0 aromatic heterocycles. The maximum Gasteiger partial charge on any atom is 0.417 e. The molecular formula is C13H12F6O2. The van der Waals surface area contributed by atoms with Crippen molar-refractivity contribution in [3.05, 3.63) is 34.9 Å². The zero-order valence-corrected chi connectivity index (χ0v) is 11.1. The molecule has 1 rings (SSSR count). The second-order valence-corrected chi connectivity index (χ2v) is 4.35. The summed E-state index contributed by atoms with van der Waals surface area (Å²) in [6, 6.07) is 1.44. The van der Waals surface area contributed by atoms with Gasteiger partial charge < -0.3 is 4.74 Å². The van der Waals surface area contributed by atoms with Gasteiger partial charge in [0.25, 0.3) is 0 Å². The molecule has 0 N–H and O–H groups in total. The first-order chi connectivity index (χ1) is 9.48. The zero-order valence-electron chi connectivity index (χ0n) is 11.1. The summed E-state index contributed by atoms with van der Waals surface area (Å²) in [7, 11) is 0. The van der Waals surface area contributed by atoms with E-state index in [-0.39, 0.29) is 6.42 Å². The first-order valence-corrected chi connectivity index (χ1v) is 5.96. The minimum absolute atomic E-state index is 0.265. The summed E-state index contributed by atoms with van der Waals surface area (Å²) in [4.78, 5) is 11.7. The van der Waals surface area contributed by atoms with Crippen LogP contribution in [0.3, 0.4) is 0 Å². The van der Waals surface area contributed by atoms with E-state index in [2.05, 4.69) is 4.74 Å². The maximum atomic E-state index is 12.8. The minimum atomic E-state index is -5.09. The largest absolute Gasteiger partial charge is 0.459 e. The lowest BCUT2D eigenvalue weighted by Gasteiger charge is -2.19. The number of benzene rings is 1. The fraction of sp³-hybridized carbons (Fsp3) is 0.462. The fourth-order valence-electron chi connectivity index (χ4n) is 1.57. The van der Waals surface area contributed by atoms with E-state index in [1.807, 2.05) is 0 Å². The molecule has 1 unspecified atom stereocenters. The molecule has 0 aliphatic carbocycles. The predicted octanol–water partition coefficient (Wildman–Crippen LogP) is 4.68. The van der Waals surface area contributed by atoms with Crippen molar-refractivity contribution < 1.29 is 35.9 Å². The Bertz CT molecular complexity index is 486. The predicted molar refractivity (Wildman–Crippen MR) is 61.6 cm³/mol. The van der Waals surface area contributed by atoms with Crippen molar-refractivity contribution in [3.8, 4) is 0 Å². The van der Waals surface area contributed by atoms with Crippen LogP contribution >= 0.6 is 0 Å².